The van der Waals surface area contributed by atoms with Crippen LogP contribution in [0.4, 0.5) is 0 Å². The molecule has 1 aliphatic carbocycles. The molecule has 2 N–H and O–H groups in total. The van der Waals surface area contributed by atoms with Crippen LogP contribution in [0.1, 0.15) is 18.4 Å². The summed E-state index contributed by atoms with van der Waals surface area (Å²) >= 11 is 1.66. The Morgan fingerprint density at radius 1 is 1.55 bits per heavy atom. The van der Waals surface area contributed by atoms with Crippen molar-refractivity contribution in [2.45, 2.75) is 25.5 Å². The first-order valence-corrected chi connectivity index (χ1v) is 4.76. The number of rotatable bonds is 3. The van der Waals surface area contributed by atoms with Crippen LogP contribution in [0.15, 0.2) is 10.8 Å². The second-order valence-corrected chi connectivity index (χ2v) is 3.53. The zero-order valence-corrected chi connectivity index (χ0v) is 7.06. The number of ether oxygens (including phenoxy) is 1. The van der Waals surface area contributed by atoms with E-state index in [1.54, 1.807) is 11.3 Å². The van der Waals surface area contributed by atoms with Crippen molar-refractivity contribution in [1.82, 2.24) is 0 Å². The summed E-state index contributed by atoms with van der Waals surface area (Å²) in [4.78, 5) is 0. The number of thiophene rings is 1. The van der Waals surface area contributed by atoms with E-state index in [0.717, 1.165) is 11.3 Å². The highest BCUT2D eigenvalue weighted by Gasteiger charge is 2.24. The highest BCUT2D eigenvalue weighted by molar-refractivity contribution is 7.08. The van der Waals surface area contributed by atoms with Crippen molar-refractivity contribution in [1.29, 1.82) is 0 Å². The van der Waals surface area contributed by atoms with E-state index in [2.05, 4.69) is 5.38 Å². The second kappa shape index (κ2) is 2.83. The topological polar surface area (TPSA) is 35.2 Å². The Balaban J connectivity index is 2.07. The minimum absolute atomic E-state index is 0.481. The van der Waals surface area contributed by atoms with Crippen LogP contribution < -0.4 is 10.5 Å². The zero-order valence-electron chi connectivity index (χ0n) is 6.25. The van der Waals surface area contributed by atoms with Gasteiger partial charge in [-0.1, -0.05) is 0 Å². The predicted molar refractivity (Wildman–Crippen MR) is 45.9 cm³/mol. The summed E-state index contributed by atoms with van der Waals surface area (Å²) in [5.74, 6) is 1.00. The molecule has 11 heavy (non-hydrogen) atoms. The van der Waals surface area contributed by atoms with Gasteiger partial charge < -0.3 is 10.5 Å². The van der Waals surface area contributed by atoms with Gasteiger partial charge in [-0.25, -0.2) is 0 Å². The highest BCUT2D eigenvalue weighted by atomic mass is 32.1. The van der Waals surface area contributed by atoms with Gasteiger partial charge in [0.2, 0.25) is 0 Å². The lowest BCUT2D eigenvalue weighted by Gasteiger charge is -2.02. The lowest BCUT2D eigenvalue weighted by atomic mass is 10.3. The maximum Gasteiger partial charge on any atom is 0.134 e. The van der Waals surface area contributed by atoms with E-state index in [1.807, 2.05) is 5.38 Å². The Labute approximate surface area is 70.0 Å². The first-order valence-electron chi connectivity index (χ1n) is 3.82. The average Bonchev–Trinajstić information content (AvgIpc) is 2.68. The third-order valence-corrected chi connectivity index (χ3v) is 2.51. The fourth-order valence-corrected chi connectivity index (χ4v) is 1.70. The molecule has 1 aromatic heterocycles. The molecule has 60 valence electrons. The zero-order chi connectivity index (χ0) is 7.68. The third-order valence-electron chi connectivity index (χ3n) is 1.74. The molecule has 1 saturated carbocycles. The molecule has 2 nitrogen and oxygen atoms in total. The maximum absolute atomic E-state index is 5.62. The molecule has 0 aliphatic heterocycles. The van der Waals surface area contributed by atoms with Gasteiger partial charge in [0, 0.05) is 17.5 Å². The molecule has 0 atom stereocenters. The summed E-state index contributed by atoms with van der Waals surface area (Å²) in [6, 6.07) is 0. The van der Waals surface area contributed by atoms with Gasteiger partial charge in [0.1, 0.15) is 5.75 Å². The first kappa shape index (κ1) is 7.13. The van der Waals surface area contributed by atoms with Gasteiger partial charge in [0.05, 0.1) is 6.10 Å². The predicted octanol–water partition coefficient (Wildman–Crippen LogP) is 1.75. The van der Waals surface area contributed by atoms with Crippen LogP contribution in [0.3, 0.4) is 0 Å². The van der Waals surface area contributed by atoms with E-state index >= 15 is 0 Å². The summed E-state index contributed by atoms with van der Waals surface area (Å²) < 4.78 is 5.62. The molecule has 0 saturated heterocycles. The molecule has 0 amide bonds. The summed E-state index contributed by atoms with van der Waals surface area (Å²) in [5, 5.41) is 4.08. The second-order valence-electron chi connectivity index (χ2n) is 2.78. The van der Waals surface area contributed by atoms with E-state index in [1.165, 1.54) is 12.8 Å². The van der Waals surface area contributed by atoms with Gasteiger partial charge in [-0.05, 0) is 18.2 Å². The van der Waals surface area contributed by atoms with Crippen molar-refractivity contribution in [2.24, 2.45) is 5.73 Å². The molecule has 1 fully saturated rings. The van der Waals surface area contributed by atoms with Gasteiger partial charge in [-0.3, -0.25) is 0 Å². The molecule has 0 spiro atoms. The molecule has 1 aromatic rings. The van der Waals surface area contributed by atoms with E-state index < -0.39 is 0 Å². The van der Waals surface area contributed by atoms with Crippen molar-refractivity contribution in [3.05, 3.63) is 16.3 Å². The normalized spacial score (nSPS) is 16.8. The fourth-order valence-electron chi connectivity index (χ4n) is 0.929. The highest BCUT2D eigenvalue weighted by Crippen LogP contribution is 2.31. The van der Waals surface area contributed by atoms with E-state index in [-0.39, 0.29) is 0 Å². The lowest BCUT2D eigenvalue weighted by Crippen LogP contribution is -2.00. The molecule has 0 bridgehead atoms. The summed E-state index contributed by atoms with van der Waals surface area (Å²) in [6.45, 7) is 0.589. The number of hydrogen-bond acceptors (Lipinski definition) is 3. The smallest absolute Gasteiger partial charge is 0.134 e. The molecule has 0 radical (unpaired) electrons. The van der Waals surface area contributed by atoms with E-state index in [4.69, 9.17) is 10.5 Å². The molecule has 1 aliphatic rings. The maximum atomic E-state index is 5.62. The van der Waals surface area contributed by atoms with Crippen LogP contribution in [0.25, 0.3) is 0 Å². The molecule has 0 unspecified atom stereocenters. The molecular weight excluding hydrogens is 158 g/mol. The Morgan fingerprint density at radius 2 is 2.36 bits per heavy atom. The minimum atomic E-state index is 0.481. The quantitative estimate of drug-likeness (QED) is 0.748. The molecular formula is C8H11NOS. The SMILES string of the molecule is NCc1cscc1OC1CC1. The molecule has 1 heterocycles. The summed E-state index contributed by atoms with van der Waals surface area (Å²) in [6.07, 6.45) is 2.90. The largest absolute Gasteiger partial charge is 0.489 e. The summed E-state index contributed by atoms with van der Waals surface area (Å²) in [7, 11) is 0. The van der Waals surface area contributed by atoms with Crippen molar-refractivity contribution in [3.63, 3.8) is 0 Å². The van der Waals surface area contributed by atoms with Crippen LogP contribution in [-0.4, -0.2) is 6.10 Å². The average molecular weight is 169 g/mol. The van der Waals surface area contributed by atoms with Crippen molar-refractivity contribution >= 4 is 11.3 Å². The number of nitrogens with two attached hydrogens (primary N) is 1. The molecule has 0 aromatic carbocycles. The van der Waals surface area contributed by atoms with Gasteiger partial charge >= 0.3 is 0 Å². The number of hydrogen-bond donors (Lipinski definition) is 1. The Hall–Kier alpha value is -0.540. The van der Waals surface area contributed by atoms with E-state index in [0.29, 0.717) is 12.6 Å². The monoisotopic (exact) mass is 169 g/mol. The van der Waals surface area contributed by atoms with Crippen molar-refractivity contribution < 1.29 is 4.74 Å². The Kier molecular flexibility index (Phi) is 1.84. The van der Waals surface area contributed by atoms with Gasteiger partial charge in [0.25, 0.3) is 0 Å². The van der Waals surface area contributed by atoms with Crippen LogP contribution in [0.5, 0.6) is 5.75 Å². The first-order chi connectivity index (χ1) is 5.40. The van der Waals surface area contributed by atoms with Crippen molar-refractivity contribution in [2.75, 3.05) is 0 Å². The van der Waals surface area contributed by atoms with Crippen molar-refractivity contribution in [3.8, 4) is 5.75 Å². The van der Waals surface area contributed by atoms with Crippen LogP contribution >= 0.6 is 11.3 Å². The molecule has 2 rings (SSSR count). The Morgan fingerprint density at radius 3 is 3.00 bits per heavy atom. The van der Waals surface area contributed by atoms with Gasteiger partial charge in [0.15, 0.2) is 0 Å². The minimum Gasteiger partial charge on any atom is -0.489 e. The summed E-state index contributed by atoms with van der Waals surface area (Å²) in [5.41, 5.74) is 6.66. The van der Waals surface area contributed by atoms with Gasteiger partial charge in [-0.15, -0.1) is 11.3 Å². The van der Waals surface area contributed by atoms with Gasteiger partial charge in [-0.2, -0.15) is 0 Å². The van der Waals surface area contributed by atoms with Crippen LogP contribution in [0.2, 0.25) is 0 Å². The Bertz CT molecular complexity index is 242. The lowest BCUT2D eigenvalue weighted by molar-refractivity contribution is 0.301. The molecule has 3 heteroatoms. The van der Waals surface area contributed by atoms with E-state index in [9.17, 15) is 0 Å². The fraction of sp³-hybridized carbons (Fsp3) is 0.500. The standard InChI is InChI=1S/C8H11NOS/c9-3-6-4-11-5-8(6)10-7-1-2-7/h4-5,7H,1-3,9H2. The van der Waals surface area contributed by atoms with Crippen LogP contribution in [0, 0.1) is 0 Å². The third kappa shape index (κ3) is 1.54. The van der Waals surface area contributed by atoms with Crippen LogP contribution in [-0.2, 0) is 6.54 Å².